The summed E-state index contributed by atoms with van der Waals surface area (Å²) in [6.07, 6.45) is 0. The number of benzene rings is 3. The molecule has 5 aromatic rings. The number of hydrogen-bond acceptors (Lipinski definition) is 5. The SMILES string of the molecule is Cc1cccc(-c2nnc(SCc3cc(=O)oc4cc(C)c(C(C)C)cc34)n2-c2ccccc2)c1. The average Bonchev–Trinajstić information content (AvgIpc) is 3.26. The molecule has 2 heterocycles. The van der Waals surface area contributed by atoms with Crippen molar-refractivity contribution < 1.29 is 4.42 Å². The first-order valence-electron chi connectivity index (χ1n) is 11.7. The topological polar surface area (TPSA) is 60.9 Å². The van der Waals surface area contributed by atoms with E-state index in [1.54, 1.807) is 17.8 Å². The summed E-state index contributed by atoms with van der Waals surface area (Å²) in [4.78, 5) is 12.3. The second-order valence-corrected chi connectivity index (χ2v) is 10.0. The van der Waals surface area contributed by atoms with Gasteiger partial charge in [0.25, 0.3) is 0 Å². The predicted molar refractivity (Wildman–Crippen MR) is 142 cm³/mol. The van der Waals surface area contributed by atoms with Crippen molar-refractivity contribution in [3.05, 3.63) is 105 Å². The van der Waals surface area contributed by atoms with Crippen LogP contribution in [0, 0.1) is 13.8 Å². The Labute approximate surface area is 208 Å². The second kappa shape index (κ2) is 9.55. The van der Waals surface area contributed by atoms with E-state index in [0.29, 0.717) is 17.3 Å². The molecule has 0 N–H and O–H groups in total. The fraction of sp³-hybridized carbons (Fsp3) is 0.207. The number of para-hydroxylation sites is 1. The Morgan fingerprint density at radius 2 is 1.74 bits per heavy atom. The zero-order valence-electron chi connectivity index (χ0n) is 20.3. The predicted octanol–water partition coefficient (Wildman–Crippen LogP) is 7.07. The molecule has 6 heteroatoms. The molecule has 0 amide bonds. The smallest absolute Gasteiger partial charge is 0.336 e. The van der Waals surface area contributed by atoms with Gasteiger partial charge in [0, 0.05) is 28.5 Å². The largest absolute Gasteiger partial charge is 0.423 e. The lowest BCUT2D eigenvalue weighted by atomic mass is 9.95. The van der Waals surface area contributed by atoms with Gasteiger partial charge in [0.05, 0.1) is 0 Å². The van der Waals surface area contributed by atoms with Gasteiger partial charge in [-0.2, -0.15) is 0 Å². The molecule has 0 fully saturated rings. The maximum absolute atomic E-state index is 12.3. The van der Waals surface area contributed by atoms with Gasteiger partial charge in [-0.1, -0.05) is 67.6 Å². The maximum Gasteiger partial charge on any atom is 0.336 e. The summed E-state index contributed by atoms with van der Waals surface area (Å²) < 4.78 is 7.62. The van der Waals surface area contributed by atoms with Crippen LogP contribution < -0.4 is 5.63 Å². The molecule has 0 spiro atoms. The van der Waals surface area contributed by atoms with Crippen LogP contribution in [-0.2, 0) is 5.75 Å². The zero-order valence-corrected chi connectivity index (χ0v) is 21.1. The Morgan fingerprint density at radius 3 is 2.49 bits per heavy atom. The van der Waals surface area contributed by atoms with Crippen LogP contribution >= 0.6 is 11.8 Å². The molecule has 0 saturated carbocycles. The molecular weight excluding hydrogens is 454 g/mol. The third kappa shape index (κ3) is 4.66. The van der Waals surface area contributed by atoms with Crippen molar-refractivity contribution in [2.75, 3.05) is 0 Å². The molecule has 0 aliphatic rings. The van der Waals surface area contributed by atoms with Gasteiger partial charge in [-0.15, -0.1) is 10.2 Å². The Kier molecular flexibility index (Phi) is 6.31. The van der Waals surface area contributed by atoms with Gasteiger partial charge in [-0.05, 0) is 66.8 Å². The van der Waals surface area contributed by atoms with Crippen LogP contribution in [0.5, 0.6) is 0 Å². The van der Waals surface area contributed by atoms with E-state index in [9.17, 15) is 4.79 Å². The minimum atomic E-state index is -0.338. The minimum absolute atomic E-state index is 0.338. The Hall–Kier alpha value is -3.64. The van der Waals surface area contributed by atoms with Gasteiger partial charge in [0.1, 0.15) is 5.58 Å². The molecule has 35 heavy (non-hydrogen) atoms. The number of thioether (sulfide) groups is 1. The summed E-state index contributed by atoms with van der Waals surface area (Å²) in [5.74, 6) is 1.74. The van der Waals surface area contributed by atoms with Gasteiger partial charge in [-0.25, -0.2) is 4.79 Å². The van der Waals surface area contributed by atoms with Crippen molar-refractivity contribution in [2.45, 2.75) is 44.5 Å². The van der Waals surface area contributed by atoms with Crippen LogP contribution in [0.15, 0.2) is 87.2 Å². The highest BCUT2D eigenvalue weighted by Gasteiger charge is 2.18. The number of hydrogen-bond donors (Lipinski definition) is 0. The van der Waals surface area contributed by atoms with E-state index in [2.05, 4.69) is 78.9 Å². The molecule has 5 rings (SSSR count). The fourth-order valence-electron chi connectivity index (χ4n) is 4.42. The summed E-state index contributed by atoms with van der Waals surface area (Å²) in [7, 11) is 0. The van der Waals surface area contributed by atoms with E-state index in [-0.39, 0.29) is 5.63 Å². The molecule has 2 aromatic heterocycles. The number of aromatic nitrogens is 3. The molecule has 3 aromatic carbocycles. The van der Waals surface area contributed by atoms with Gasteiger partial charge < -0.3 is 4.42 Å². The van der Waals surface area contributed by atoms with Gasteiger partial charge in [0.2, 0.25) is 0 Å². The Morgan fingerprint density at radius 1 is 0.943 bits per heavy atom. The van der Waals surface area contributed by atoms with Crippen molar-refractivity contribution in [3.63, 3.8) is 0 Å². The van der Waals surface area contributed by atoms with Crippen molar-refractivity contribution in [1.82, 2.24) is 14.8 Å². The zero-order chi connectivity index (χ0) is 24.5. The molecule has 0 unspecified atom stereocenters. The molecule has 5 nitrogen and oxygen atoms in total. The third-order valence-electron chi connectivity index (χ3n) is 6.12. The first-order valence-corrected chi connectivity index (χ1v) is 12.7. The van der Waals surface area contributed by atoms with E-state index < -0.39 is 0 Å². The van der Waals surface area contributed by atoms with Crippen LogP contribution in [-0.4, -0.2) is 14.8 Å². The van der Waals surface area contributed by atoms with E-state index in [4.69, 9.17) is 4.42 Å². The lowest BCUT2D eigenvalue weighted by molar-refractivity contribution is 0.559. The first-order chi connectivity index (χ1) is 16.9. The monoisotopic (exact) mass is 481 g/mol. The first kappa shape index (κ1) is 23.1. The molecular formula is C29H27N3O2S. The fourth-order valence-corrected chi connectivity index (χ4v) is 5.36. The lowest BCUT2D eigenvalue weighted by Crippen LogP contribution is -2.03. The number of fused-ring (bicyclic) bond motifs is 1. The summed E-state index contributed by atoms with van der Waals surface area (Å²) in [5, 5.41) is 10.8. The number of nitrogens with zero attached hydrogens (tertiary/aromatic N) is 3. The second-order valence-electron chi connectivity index (χ2n) is 9.09. The molecule has 0 aliphatic carbocycles. The van der Waals surface area contributed by atoms with Crippen molar-refractivity contribution in [2.24, 2.45) is 0 Å². The van der Waals surface area contributed by atoms with Gasteiger partial charge in [-0.3, -0.25) is 4.57 Å². The third-order valence-corrected chi connectivity index (χ3v) is 7.10. The van der Waals surface area contributed by atoms with Gasteiger partial charge >= 0.3 is 5.63 Å². The van der Waals surface area contributed by atoms with Crippen LogP contribution in [0.4, 0.5) is 0 Å². The molecule has 0 saturated heterocycles. The van der Waals surface area contributed by atoms with E-state index in [1.165, 1.54) is 5.56 Å². The quantitative estimate of drug-likeness (QED) is 0.192. The van der Waals surface area contributed by atoms with E-state index >= 15 is 0 Å². The number of aryl methyl sites for hydroxylation is 2. The van der Waals surface area contributed by atoms with E-state index in [0.717, 1.165) is 44.3 Å². The van der Waals surface area contributed by atoms with Crippen LogP contribution in [0.3, 0.4) is 0 Å². The highest BCUT2D eigenvalue weighted by molar-refractivity contribution is 7.98. The van der Waals surface area contributed by atoms with Crippen LogP contribution in [0.25, 0.3) is 28.0 Å². The molecule has 0 radical (unpaired) electrons. The lowest BCUT2D eigenvalue weighted by Gasteiger charge is -2.13. The van der Waals surface area contributed by atoms with E-state index in [1.807, 2.05) is 30.3 Å². The highest BCUT2D eigenvalue weighted by Crippen LogP contribution is 2.33. The highest BCUT2D eigenvalue weighted by atomic mass is 32.2. The molecule has 0 atom stereocenters. The normalized spacial score (nSPS) is 11.5. The molecule has 176 valence electrons. The summed E-state index contributed by atoms with van der Waals surface area (Å²) in [5.41, 5.74) is 6.78. The number of rotatable bonds is 6. The summed E-state index contributed by atoms with van der Waals surface area (Å²) in [6.45, 7) is 8.49. The maximum atomic E-state index is 12.3. The van der Waals surface area contributed by atoms with Crippen LogP contribution in [0.2, 0.25) is 0 Å². The average molecular weight is 482 g/mol. The Bertz CT molecular complexity index is 1570. The van der Waals surface area contributed by atoms with Crippen molar-refractivity contribution >= 4 is 22.7 Å². The van der Waals surface area contributed by atoms with Gasteiger partial charge in [0.15, 0.2) is 11.0 Å². The summed E-state index contributed by atoms with van der Waals surface area (Å²) in [6, 6.07) is 24.1. The van der Waals surface area contributed by atoms with Crippen molar-refractivity contribution in [3.8, 4) is 17.1 Å². The minimum Gasteiger partial charge on any atom is -0.423 e. The van der Waals surface area contributed by atoms with Crippen LogP contribution in [0.1, 0.15) is 42.0 Å². The molecule has 0 aliphatic heterocycles. The Balaban J connectivity index is 1.58. The molecule has 0 bridgehead atoms. The standard InChI is InChI=1S/C29H27N3O2S/c1-18(2)24-16-25-22(15-27(33)34-26(25)14-20(24)4)17-35-29-31-30-28(21-10-8-9-19(3)13-21)32(29)23-11-6-5-7-12-23/h5-16,18H,17H2,1-4H3. The van der Waals surface area contributed by atoms with Crippen molar-refractivity contribution in [1.29, 1.82) is 0 Å². The summed E-state index contributed by atoms with van der Waals surface area (Å²) >= 11 is 1.57.